The zero-order chi connectivity index (χ0) is 20.1. The number of aromatic nitrogens is 2. The molecular formula is C19H19ClN4O2S2. The maximum absolute atomic E-state index is 12.0. The molecule has 146 valence electrons. The smallest absolute Gasteiger partial charge is 0.340 e. The van der Waals surface area contributed by atoms with E-state index >= 15 is 0 Å². The summed E-state index contributed by atoms with van der Waals surface area (Å²) < 4.78 is 6.61. The van der Waals surface area contributed by atoms with Crippen molar-refractivity contribution < 1.29 is 9.53 Å². The van der Waals surface area contributed by atoms with Crippen LogP contribution in [0, 0.1) is 0 Å². The first kappa shape index (κ1) is 20.3. The number of carbonyl (C=O) groups is 1. The zero-order valence-corrected chi connectivity index (χ0v) is 17.7. The van der Waals surface area contributed by atoms with Gasteiger partial charge in [0.25, 0.3) is 0 Å². The number of aryl methyl sites for hydroxylation is 1. The number of nitrogens with one attached hydrogen (secondary N) is 2. The van der Waals surface area contributed by atoms with E-state index in [1.54, 1.807) is 10.9 Å². The summed E-state index contributed by atoms with van der Waals surface area (Å²) in [6.45, 7) is 2.58. The lowest BCUT2D eigenvalue weighted by Gasteiger charge is -2.08. The number of benzene rings is 1. The third kappa shape index (κ3) is 4.89. The second-order valence-corrected chi connectivity index (χ2v) is 7.85. The van der Waals surface area contributed by atoms with Crippen molar-refractivity contribution in [3.05, 3.63) is 63.8 Å². The number of hydrogen-bond donors (Lipinski definition) is 2. The van der Waals surface area contributed by atoms with Crippen molar-refractivity contribution in [2.45, 2.75) is 19.9 Å². The number of rotatable bonds is 6. The van der Waals surface area contributed by atoms with Gasteiger partial charge in [-0.2, -0.15) is 5.10 Å². The van der Waals surface area contributed by atoms with E-state index in [1.807, 2.05) is 43.5 Å². The molecule has 2 N–H and O–H groups in total. The molecule has 0 bridgehead atoms. The molecule has 9 heteroatoms. The average molecular weight is 435 g/mol. The fourth-order valence-electron chi connectivity index (χ4n) is 2.55. The quantitative estimate of drug-likeness (QED) is 0.429. The van der Waals surface area contributed by atoms with Crippen molar-refractivity contribution in [1.82, 2.24) is 9.78 Å². The number of halogens is 1. The van der Waals surface area contributed by atoms with Crippen LogP contribution in [0.5, 0.6) is 0 Å². The summed E-state index contributed by atoms with van der Waals surface area (Å²) in [7, 11) is 1.36. The van der Waals surface area contributed by atoms with Crippen molar-refractivity contribution in [3.8, 4) is 0 Å². The highest BCUT2D eigenvalue weighted by Crippen LogP contribution is 2.29. The van der Waals surface area contributed by atoms with Crippen LogP contribution in [0.25, 0.3) is 0 Å². The van der Waals surface area contributed by atoms with Crippen LogP contribution in [0.3, 0.4) is 0 Å². The number of ether oxygens (including phenoxy) is 1. The number of thiocarbonyl (C=S) groups is 1. The van der Waals surface area contributed by atoms with E-state index in [-0.39, 0.29) is 0 Å². The fraction of sp³-hybridized carbons (Fsp3) is 0.211. The van der Waals surface area contributed by atoms with Gasteiger partial charge in [0, 0.05) is 16.1 Å². The van der Waals surface area contributed by atoms with Gasteiger partial charge < -0.3 is 15.4 Å². The Morgan fingerprint density at radius 1 is 1.36 bits per heavy atom. The molecule has 3 aromatic rings. The van der Waals surface area contributed by atoms with E-state index in [0.29, 0.717) is 27.2 Å². The molecule has 0 aliphatic heterocycles. The molecular weight excluding hydrogens is 416 g/mol. The van der Waals surface area contributed by atoms with Crippen LogP contribution in [0.1, 0.15) is 27.7 Å². The molecule has 0 aliphatic rings. The van der Waals surface area contributed by atoms with Crippen molar-refractivity contribution in [3.63, 3.8) is 0 Å². The number of hydrogen-bond acceptors (Lipinski definition) is 5. The van der Waals surface area contributed by atoms with Gasteiger partial charge in [-0.15, -0.1) is 11.3 Å². The third-order valence-electron chi connectivity index (χ3n) is 3.95. The highest BCUT2D eigenvalue weighted by molar-refractivity contribution is 7.80. The lowest BCUT2D eigenvalue weighted by atomic mass is 10.2. The standard InChI is InChI=1S/C19H19ClN4O2S2/c1-3-14-8-15(18(25)26-2)17(28-14)23-19(27)22-13-9-21-24(11-13)10-12-6-4-5-7-16(12)20/h4-9,11H,3,10H2,1-2H3,(H2,22,23,27). The molecule has 0 saturated carbocycles. The summed E-state index contributed by atoms with van der Waals surface area (Å²) in [5.74, 6) is -0.395. The Labute approximate surface area is 177 Å². The molecule has 0 amide bonds. The van der Waals surface area contributed by atoms with Crippen LogP contribution >= 0.6 is 35.2 Å². The van der Waals surface area contributed by atoms with Gasteiger partial charge >= 0.3 is 5.97 Å². The average Bonchev–Trinajstić information content (AvgIpc) is 3.29. The Morgan fingerprint density at radius 2 is 2.14 bits per heavy atom. The number of thiophene rings is 1. The Morgan fingerprint density at radius 3 is 2.86 bits per heavy atom. The van der Waals surface area contributed by atoms with E-state index in [4.69, 9.17) is 28.6 Å². The molecule has 2 aromatic heterocycles. The first-order chi connectivity index (χ1) is 13.5. The minimum absolute atomic E-state index is 0.368. The third-order valence-corrected chi connectivity index (χ3v) is 5.71. The number of methoxy groups -OCH3 is 1. The van der Waals surface area contributed by atoms with Crippen molar-refractivity contribution in [1.29, 1.82) is 0 Å². The van der Waals surface area contributed by atoms with Crippen LogP contribution in [0.15, 0.2) is 42.7 Å². The Kier molecular flexibility index (Phi) is 6.66. The summed E-state index contributed by atoms with van der Waals surface area (Å²) in [4.78, 5) is 13.0. The predicted octanol–water partition coefficient (Wildman–Crippen LogP) is 4.80. The largest absolute Gasteiger partial charge is 0.465 e. The second-order valence-electron chi connectivity index (χ2n) is 5.90. The maximum Gasteiger partial charge on any atom is 0.340 e. The van der Waals surface area contributed by atoms with Gasteiger partial charge in [-0.1, -0.05) is 36.7 Å². The molecule has 28 heavy (non-hydrogen) atoms. The van der Waals surface area contributed by atoms with Gasteiger partial charge in [-0.05, 0) is 36.3 Å². The van der Waals surface area contributed by atoms with Gasteiger partial charge in [0.1, 0.15) is 5.00 Å². The van der Waals surface area contributed by atoms with E-state index in [9.17, 15) is 4.79 Å². The van der Waals surface area contributed by atoms with Crippen LogP contribution in [-0.4, -0.2) is 28.0 Å². The topological polar surface area (TPSA) is 68.2 Å². The molecule has 0 saturated heterocycles. The number of esters is 1. The normalized spacial score (nSPS) is 10.5. The molecule has 6 nitrogen and oxygen atoms in total. The van der Waals surface area contributed by atoms with Gasteiger partial charge in [0.15, 0.2) is 5.11 Å². The molecule has 0 unspecified atom stereocenters. The zero-order valence-electron chi connectivity index (χ0n) is 15.4. The minimum atomic E-state index is -0.395. The van der Waals surface area contributed by atoms with Crippen molar-refractivity contribution in [2.24, 2.45) is 0 Å². The molecule has 0 aliphatic carbocycles. The molecule has 0 radical (unpaired) electrons. The molecule has 0 spiro atoms. The van der Waals surface area contributed by atoms with E-state index in [2.05, 4.69) is 15.7 Å². The van der Waals surface area contributed by atoms with Gasteiger partial charge in [0.05, 0.1) is 31.1 Å². The van der Waals surface area contributed by atoms with Crippen LogP contribution in [0.2, 0.25) is 5.02 Å². The van der Waals surface area contributed by atoms with E-state index in [0.717, 1.165) is 22.5 Å². The second kappa shape index (κ2) is 9.18. The Hall–Kier alpha value is -2.42. The number of nitrogens with zero attached hydrogens (tertiary/aromatic N) is 2. The number of anilines is 2. The van der Waals surface area contributed by atoms with Crippen molar-refractivity contribution in [2.75, 3.05) is 17.7 Å². The van der Waals surface area contributed by atoms with Gasteiger partial charge in [-0.25, -0.2) is 4.79 Å². The van der Waals surface area contributed by atoms with Gasteiger partial charge in [-0.3, -0.25) is 4.68 Å². The summed E-state index contributed by atoms with van der Waals surface area (Å²) in [6, 6.07) is 9.46. The fourth-order valence-corrected chi connectivity index (χ4v) is 4.02. The lowest BCUT2D eigenvalue weighted by Crippen LogP contribution is -2.19. The summed E-state index contributed by atoms with van der Waals surface area (Å²) in [6.07, 6.45) is 4.34. The molecule has 3 rings (SSSR count). The highest BCUT2D eigenvalue weighted by Gasteiger charge is 2.17. The first-order valence-corrected chi connectivity index (χ1v) is 10.1. The van der Waals surface area contributed by atoms with Crippen molar-refractivity contribution >= 4 is 56.9 Å². The molecule has 0 atom stereocenters. The molecule has 2 heterocycles. The van der Waals surface area contributed by atoms with Crippen LogP contribution in [0.4, 0.5) is 10.7 Å². The van der Waals surface area contributed by atoms with E-state index in [1.165, 1.54) is 18.4 Å². The molecule has 1 aromatic carbocycles. The van der Waals surface area contributed by atoms with E-state index < -0.39 is 5.97 Å². The Bertz CT molecular complexity index is 999. The Balaban J connectivity index is 1.66. The number of carbonyl (C=O) groups excluding carboxylic acids is 1. The monoisotopic (exact) mass is 434 g/mol. The highest BCUT2D eigenvalue weighted by atomic mass is 35.5. The summed E-state index contributed by atoms with van der Waals surface area (Å²) in [5, 5.41) is 12.2. The van der Waals surface area contributed by atoms with Gasteiger partial charge in [0.2, 0.25) is 0 Å². The summed E-state index contributed by atoms with van der Waals surface area (Å²) in [5.41, 5.74) is 2.19. The maximum atomic E-state index is 12.0. The van der Waals surface area contributed by atoms with Crippen LogP contribution in [-0.2, 0) is 17.7 Å². The summed E-state index contributed by atoms with van der Waals surface area (Å²) >= 11 is 13.1. The minimum Gasteiger partial charge on any atom is -0.465 e. The predicted molar refractivity (Wildman–Crippen MR) is 118 cm³/mol. The lowest BCUT2D eigenvalue weighted by molar-refractivity contribution is 0.0602. The molecule has 0 fully saturated rings. The first-order valence-electron chi connectivity index (χ1n) is 8.55. The SMILES string of the molecule is CCc1cc(C(=O)OC)c(NC(=S)Nc2cnn(Cc3ccccc3Cl)c2)s1. The van der Waals surface area contributed by atoms with Crippen LogP contribution < -0.4 is 10.6 Å².